The van der Waals surface area contributed by atoms with Crippen molar-refractivity contribution < 1.29 is 63.0 Å². The molecule has 0 saturated heterocycles. The molecule has 0 aliphatic heterocycles. The molecule has 10 amide bonds. The van der Waals surface area contributed by atoms with Gasteiger partial charge in [0.05, 0.1) is 32.7 Å². The van der Waals surface area contributed by atoms with E-state index in [1.54, 1.807) is 27.7 Å². The van der Waals surface area contributed by atoms with Crippen LogP contribution in [0, 0.1) is 17.8 Å². The molecular weight excluding hydrogens is 999 g/mol. The van der Waals surface area contributed by atoms with Gasteiger partial charge in [0, 0.05) is 13.1 Å². The summed E-state index contributed by atoms with van der Waals surface area (Å²) in [6, 6.07) is -9.68. The normalized spacial score (nSPS) is 15.8. The molecule has 76 heavy (non-hydrogen) atoms. The van der Waals surface area contributed by atoms with Crippen molar-refractivity contribution in [3.05, 3.63) is 0 Å². The van der Waals surface area contributed by atoms with Gasteiger partial charge in [-0.1, -0.05) is 72.6 Å². The Balaban J connectivity index is 3.31. The van der Waals surface area contributed by atoms with E-state index in [1.807, 2.05) is 0 Å². The third-order valence-corrected chi connectivity index (χ3v) is 12.5. The van der Waals surface area contributed by atoms with E-state index in [4.69, 9.17) is 34.4 Å². The van der Waals surface area contributed by atoms with Crippen LogP contribution >= 0.6 is 0 Å². The van der Waals surface area contributed by atoms with Gasteiger partial charge in [0.2, 0.25) is 59.1 Å². The quantitative estimate of drug-likeness (QED) is 0.0158. The summed E-state index contributed by atoms with van der Waals surface area (Å²) in [6.07, 6.45) is 4.53. The number of aliphatic hydroxyl groups excluding tert-OH is 1. The highest BCUT2D eigenvalue weighted by Gasteiger charge is 2.36. The third-order valence-electron chi connectivity index (χ3n) is 12.5. The molecular formula is C46H83N17O13. The fourth-order valence-corrected chi connectivity index (χ4v) is 7.78. The molecule has 1 aliphatic rings. The lowest BCUT2D eigenvalue weighted by molar-refractivity contribution is -0.142. The minimum Gasteiger partial charge on any atom is -0.481 e. The number of hydrogen-bond acceptors (Lipinski definition) is 15. The zero-order chi connectivity index (χ0) is 57.5. The first-order valence-electron chi connectivity index (χ1n) is 25.4. The topological polar surface area (TPSA) is 517 Å². The van der Waals surface area contributed by atoms with Gasteiger partial charge in [-0.15, -0.1) is 0 Å². The molecule has 430 valence electrons. The minimum atomic E-state index is -1.85. The van der Waals surface area contributed by atoms with Crippen molar-refractivity contribution >= 4 is 77.0 Å². The smallest absolute Gasteiger partial charge is 0.305 e. The summed E-state index contributed by atoms with van der Waals surface area (Å²) in [5, 5.41) is 41.2. The highest BCUT2D eigenvalue weighted by molar-refractivity contribution is 5.98. The van der Waals surface area contributed by atoms with Crippen LogP contribution in [0.4, 0.5) is 0 Å². The summed E-state index contributed by atoms with van der Waals surface area (Å²) >= 11 is 0. The lowest BCUT2D eigenvalue weighted by Crippen LogP contribution is -2.61. The Bertz CT molecular complexity index is 2030. The molecule has 0 bridgehead atoms. The van der Waals surface area contributed by atoms with E-state index in [1.165, 1.54) is 0 Å². The Labute approximate surface area is 441 Å². The molecule has 1 aliphatic carbocycles. The van der Waals surface area contributed by atoms with Crippen LogP contribution < -0.4 is 82.3 Å². The summed E-state index contributed by atoms with van der Waals surface area (Å²) in [6.45, 7) is 4.21. The van der Waals surface area contributed by atoms with Gasteiger partial charge in [-0.05, 0) is 49.9 Å². The van der Waals surface area contributed by atoms with Gasteiger partial charge in [0.1, 0.15) is 42.3 Å². The maximum Gasteiger partial charge on any atom is 0.305 e. The van der Waals surface area contributed by atoms with Crippen LogP contribution in [0.2, 0.25) is 0 Å². The summed E-state index contributed by atoms with van der Waals surface area (Å²) < 4.78 is 0. The number of carbonyl (C=O) groups is 11. The molecule has 9 atom stereocenters. The van der Waals surface area contributed by atoms with Crippen LogP contribution in [-0.4, -0.2) is 169 Å². The van der Waals surface area contributed by atoms with Gasteiger partial charge in [0.15, 0.2) is 11.9 Å². The van der Waals surface area contributed by atoms with E-state index in [9.17, 15) is 63.0 Å². The summed E-state index contributed by atoms with van der Waals surface area (Å²) in [5.41, 5.74) is 32.6. The van der Waals surface area contributed by atoms with Gasteiger partial charge in [-0.2, -0.15) is 0 Å². The van der Waals surface area contributed by atoms with Crippen molar-refractivity contribution in [2.75, 3.05) is 39.3 Å². The summed E-state index contributed by atoms with van der Waals surface area (Å²) in [7, 11) is 0. The predicted molar refractivity (Wildman–Crippen MR) is 277 cm³/mol. The van der Waals surface area contributed by atoms with E-state index in [-0.39, 0.29) is 69.5 Å². The van der Waals surface area contributed by atoms with Crippen LogP contribution in [-0.2, 0) is 52.7 Å². The largest absolute Gasteiger partial charge is 0.481 e. The van der Waals surface area contributed by atoms with Crippen LogP contribution in [0.1, 0.15) is 111 Å². The minimum absolute atomic E-state index is 0.000640. The average Bonchev–Trinajstić information content (AvgIpc) is 3.37. The Morgan fingerprint density at radius 3 is 1.49 bits per heavy atom. The molecule has 0 aromatic carbocycles. The predicted octanol–water partition coefficient (Wildman–Crippen LogP) is -6.31. The van der Waals surface area contributed by atoms with Gasteiger partial charge >= 0.3 is 5.97 Å². The number of primary amides is 1. The zero-order valence-corrected chi connectivity index (χ0v) is 44.0. The molecule has 1 rings (SSSR count). The van der Waals surface area contributed by atoms with Crippen molar-refractivity contribution in [2.24, 2.45) is 62.1 Å². The second-order valence-corrected chi connectivity index (χ2v) is 18.8. The van der Waals surface area contributed by atoms with Gasteiger partial charge in [-0.3, -0.25) is 62.7 Å². The lowest BCUT2D eigenvalue weighted by atomic mass is 9.84. The number of carboxylic acid groups (broad SMARTS) is 1. The standard InChI is InChI=1S/C46H83N17O13/c1-5-24(3)36(43(75)56-20-32(48)65)62-41(73)29(15-11-17-54-46(51)52)59-42(74)31(19-35(68)69)61-44(76)37(25(4)6-2)63-40(72)28(14-10-16-53-45(49)50)58-34(67)22-55-33(66)21-57-39(71)30(60-38(70)27(47)23-64)18-26-12-8-7-9-13-26/h24-31,36-37,64H,5-23,47H2,1-4H3,(H2,48,65)(H,55,66)(H,56,75)(H,57,71)(H,58,67)(H,59,74)(H,60,70)(H,61,76)(H,62,73)(H,63,72)(H,68,69)(H4,49,50,53)(H4,51,52,54)/t24-,25-,27-,28-,29-,30-,31-,36-,37-/m0/s1. The average molecular weight is 1080 g/mol. The Morgan fingerprint density at radius 2 is 1.00 bits per heavy atom. The molecule has 30 heteroatoms. The number of hydrogen-bond donors (Lipinski definition) is 17. The number of rotatable bonds is 36. The number of nitrogens with zero attached hydrogens (tertiary/aromatic N) is 2. The molecule has 1 saturated carbocycles. The van der Waals surface area contributed by atoms with Crippen LogP contribution in [0.25, 0.3) is 0 Å². The third kappa shape index (κ3) is 26.7. The molecule has 30 nitrogen and oxygen atoms in total. The molecule has 0 spiro atoms. The van der Waals surface area contributed by atoms with Crippen molar-refractivity contribution in [1.82, 2.24) is 47.9 Å². The molecule has 1 fully saturated rings. The monoisotopic (exact) mass is 1080 g/mol. The Kier molecular flexibility index (Phi) is 31.4. The number of aliphatic carboxylic acids is 1. The van der Waals surface area contributed by atoms with Crippen LogP contribution in [0.5, 0.6) is 0 Å². The van der Waals surface area contributed by atoms with Crippen molar-refractivity contribution in [3.63, 3.8) is 0 Å². The molecule has 0 heterocycles. The van der Waals surface area contributed by atoms with E-state index < -0.39 is 152 Å². The molecule has 0 radical (unpaired) electrons. The van der Waals surface area contributed by atoms with E-state index >= 15 is 0 Å². The molecule has 0 aromatic heterocycles. The van der Waals surface area contributed by atoms with Gasteiger partial charge < -0.3 is 92.5 Å². The number of carbonyl (C=O) groups excluding carboxylic acids is 10. The van der Waals surface area contributed by atoms with E-state index in [2.05, 4.69) is 57.8 Å². The first-order valence-corrected chi connectivity index (χ1v) is 25.4. The Hall–Kier alpha value is -7.37. The number of carboxylic acids is 1. The fraction of sp³-hybridized carbons (Fsp3) is 0.717. The van der Waals surface area contributed by atoms with E-state index in [0.29, 0.717) is 6.42 Å². The number of amides is 10. The first-order chi connectivity index (χ1) is 35.8. The first kappa shape index (κ1) is 66.6. The fourth-order valence-electron chi connectivity index (χ4n) is 7.78. The van der Waals surface area contributed by atoms with Crippen molar-refractivity contribution in [1.29, 1.82) is 0 Å². The van der Waals surface area contributed by atoms with Crippen LogP contribution in [0.15, 0.2) is 9.98 Å². The maximum atomic E-state index is 14.1. The summed E-state index contributed by atoms with van der Waals surface area (Å²) in [5.74, 6) is -11.7. The van der Waals surface area contributed by atoms with Crippen LogP contribution in [0.3, 0.4) is 0 Å². The van der Waals surface area contributed by atoms with E-state index in [0.717, 1.165) is 32.1 Å². The zero-order valence-electron chi connectivity index (χ0n) is 44.0. The molecule has 0 unspecified atom stereocenters. The highest BCUT2D eigenvalue weighted by Crippen LogP contribution is 2.27. The van der Waals surface area contributed by atoms with Crippen molar-refractivity contribution in [2.45, 2.75) is 153 Å². The van der Waals surface area contributed by atoms with Gasteiger partial charge in [-0.25, -0.2) is 0 Å². The van der Waals surface area contributed by atoms with Gasteiger partial charge in [0.25, 0.3) is 0 Å². The Morgan fingerprint density at radius 1 is 0.539 bits per heavy atom. The maximum absolute atomic E-state index is 14.1. The summed E-state index contributed by atoms with van der Waals surface area (Å²) in [4.78, 5) is 152. The van der Waals surface area contributed by atoms with Crippen molar-refractivity contribution in [3.8, 4) is 0 Å². The highest BCUT2D eigenvalue weighted by atomic mass is 16.4. The number of guanidine groups is 2. The number of aliphatic hydroxyl groups is 1. The molecule has 23 N–H and O–H groups in total. The number of nitrogens with one attached hydrogen (secondary N) is 9. The SMILES string of the molecule is CC[C@H](C)[C@H](NC(=O)[C@H](CCCN=C(N)N)NC(=O)[C@H](CC(=O)O)NC(=O)[C@@H](NC(=O)[C@H](CCCN=C(N)N)NC(=O)CNC(=O)CNC(=O)[C@H](CC1CCCCC1)NC(=O)[C@@H](N)CO)[C@@H](C)CC)C(=O)NCC(N)=O. The number of aliphatic imine (C=N–C) groups is 2. The lowest BCUT2D eigenvalue weighted by Gasteiger charge is -2.29. The second kappa shape index (κ2) is 35.8. The second-order valence-electron chi connectivity index (χ2n) is 18.8. The number of nitrogens with two attached hydrogens (primary N) is 6. The molecule has 0 aromatic rings.